The number of carbonyl (C=O) groups excluding carboxylic acids is 1. The number of nitrogens with zero attached hydrogens (tertiary/aromatic N) is 1. The number of halogens is 1. The van der Waals surface area contributed by atoms with Crippen molar-refractivity contribution in [2.75, 3.05) is 0 Å². The number of fused-ring (bicyclic) bond motifs is 1. The molecule has 0 aliphatic carbocycles. The maximum atomic E-state index is 12.6. The standard InChI is InChI=1S/C23H17BrN2O3/c24-17-10-11-20-19(13-17)22(27)26-21(25-20)12-16-8-4-5-9-18(16)23(28)29-14-15-6-2-1-3-7-15/h1-11,13H,12,14H2,(H,25,26,27). The summed E-state index contributed by atoms with van der Waals surface area (Å²) >= 11 is 3.36. The zero-order chi connectivity index (χ0) is 20.2. The topological polar surface area (TPSA) is 72.0 Å². The van der Waals surface area contributed by atoms with Crippen molar-refractivity contribution in [2.24, 2.45) is 0 Å². The zero-order valence-corrected chi connectivity index (χ0v) is 17.0. The van der Waals surface area contributed by atoms with Crippen LogP contribution in [0, 0.1) is 0 Å². The number of aromatic amines is 1. The molecule has 1 N–H and O–H groups in total. The van der Waals surface area contributed by atoms with Crippen LogP contribution in [0.2, 0.25) is 0 Å². The smallest absolute Gasteiger partial charge is 0.338 e. The van der Waals surface area contributed by atoms with Gasteiger partial charge in [-0.1, -0.05) is 64.5 Å². The number of nitrogens with one attached hydrogen (secondary N) is 1. The molecule has 0 amide bonds. The highest BCUT2D eigenvalue weighted by molar-refractivity contribution is 9.10. The Kier molecular flexibility index (Phi) is 5.53. The molecule has 0 atom stereocenters. The van der Waals surface area contributed by atoms with Crippen LogP contribution in [0.3, 0.4) is 0 Å². The number of esters is 1. The molecule has 5 nitrogen and oxygen atoms in total. The van der Waals surface area contributed by atoms with Gasteiger partial charge in [-0.2, -0.15) is 0 Å². The summed E-state index contributed by atoms with van der Waals surface area (Å²) in [6.07, 6.45) is 0.317. The van der Waals surface area contributed by atoms with Gasteiger partial charge in [0.1, 0.15) is 12.4 Å². The van der Waals surface area contributed by atoms with Gasteiger partial charge < -0.3 is 9.72 Å². The van der Waals surface area contributed by atoms with E-state index in [2.05, 4.69) is 25.9 Å². The highest BCUT2D eigenvalue weighted by Crippen LogP contribution is 2.18. The number of carbonyl (C=O) groups is 1. The van der Waals surface area contributed by atoms with E-state index >= 15 is 0 Å². The predicted octanol–water partition coefficient (Wildman–Crippen LogP) is 4.63. The largest absolute Gasteiger partial charge is 0.457 e. The minimum absolute atomic E-state index is 0.202. The van der Waals surface area contributed by atoms with Crippen LogP contribution in [-0.4, -0.2) is 15.9 Å². The Morgan fingerprint density at radius 1 is 1.00 bits per heavy atom. The van der Waals surface area contributed by atoms with Crippen LogP contribution < -0.4 is 5.56 Å². The quantitative estimate of drug-likeness (QED) is 0.451. The average molecular weight is 449 g/mol. The van der Waals surface area contributed by atoms with E-state index in [1.807, 2.05) is 48.5 Å². The van der Waals surface area contributed by atoms with Gasteiger partial charge in [0, 0.05) is 10.9 Å². The number of H-pyrrole nitrogens is 1. The first-order valence-corrected chi connectivity index (χ1v) is 9.87. The van der Waals surface area contributed by atoms with Crippen molar-refractivity contribution in [3.05, 3.63) is 110 Å². The molecule has 0 radical (unpaired) electrons. The predicted molar refractivity (Wildman–Crippen MR) is 115 cm³/mol. The summed E-state index contributed by atoms with van der Waals surface area (Å²) in [4.78, 5) is 32.4. The lowest BCUT2D eigenvalue weighted by molar-refractivity contribution is 0.0471. The number of hydrogen-bond donors (Lipinski definition) is 1. The Morgan fingerprint density at radius 2 is 1.76 bits per heavy atom. The van der Waals surface area contributed by atoms with Crippen LogP contribution in [-0.2, 0) is 17.8 Å². The van der Waals surface area contributed by atoms with E-state index in [9.17, 15) is 9.59 Å². The normalized spacial score (nSPS) is 10.8. The fourth-order valence-corrected chi connectivity index (χ4v) is 3.46. The first kappa shape index (κ1) is 19.1. The number of ether oxygens (including phenoxy) is 1. The molecule has 3 aromatic carbocycles. The van der Waals surface area contributed by atoms with Crippen LogP contribution in [0.4, 0.5) is 0 Å². The molecule has 1 aromatic heterocycles. The van der Waals surface area contributed by atoms with Gasteiger partial charge in [0.2, 0.25) is 0 Å². The second kappa shape index (κ2) is 8.41. The van der Waals surface area contributed by atoms with Crippen molar-refractivity contribution < 1.29 is 9.53 Å². The third kappa shape index (κ3) is 4.43. The second-order valence-electron chi connectivity index (χ2n) is 6.57. The van der Waals surface area contributed by atoms with Gasteiger partial charge in [-0.25, -0.2) is 9.78 Å². The van der Waals surface area contributed by atoms with Gasteiger partial charge in [0.25, 0.3) is 5.56 Å². The number of rotatable bonds is 5. The maximum absolute atomic E-state index is 12.6. The average Bonchev–Trinajstić information content (AvgIpc) is 2.74. The second-order valence-corrected chi connectivity index (χ2v) is 7.49. The molecule has 0 bridgehead atoms. The first-order chi connectivity index (χ1) is 14.1. The van der Waals surface area contributed by atoms with Crippen molar-refractivity contribution in [2.45, 2.75) is 13.0 Å². The third-order valence-corrected chi connectivity index (χ3v) is 5.02. The molecule has 0 aliphatic heterocycles. The summed E-state index contributed by atoms with van der Waals surface area (Å²) in [6, 6.07) is 22.1. The molecule has 29 heavy (non-hydrogen) atoms. The number of benzene rings is 3. The van der Waals surface area contributed by atoms with Crippen LogP contribution in [0.5, 0.6) is 0 Å². The minimum Gasteiger partial charge on any atom is -0.457 e. The van der Waals surface area contributed by atoms with Gasteiger partial charge in [0.15, 0.2) is 0 Å². The highest BCUT2D eigenvalue weighted by atomic mass is 79.9. The van der Waals surface area contributed by atoms with Crippen molar-refractivity contribution >= 4 is 32.8 Å². The Bertz CT molecular complexity index is 1240. The van der Waals surface area contributed by atoms with Crippen molar-refractivity contribution in [1.29, 1.82) is 0 Å². The molecule has 0 fully saturated rings. The fourth-order valence-electron chi connectivity index (χ4n) is 3.10. The van der Waals surface area contributed by atoms with Crippen molar-refractivity contribution in [3.63, 3.8) is 0 Å². The lowest BCUT2D eigenvalue weighted by Gasteiger charge is -2.10. The molecular formula is C23H17BrN2O3. The Morgan fingerprint density at radius 3 is 2.59 bits per heavy atom. The number of hydrogen-bond acceptors (Lipinski definition) is 4. The van der Waals surface area contributed by atoms with Gasteiger partial charge in [0.05, 0.1) is 16.5 Å². The molecule has 0 aliphatic rings. The lowest BCUT2D eigenvalue weighted by Crippen LogP contribution is -2.14. The van der Waals surface area contributed by atoms with E-state index in [4.69, 9.17) is 4.74 Å². The summed E-state index contributed by atoms with van der Waals surface area (Å²) in [7, 11) is 0. The Hall–Kier alpha value is -3.25. The molecule has 0 saturated carbocycles. The van der Waals surface area contributed by atoms with E-state index in [-0.39, 0.29) is 12.2 Å². The molecule has 0 spiro atoms. The molecular weight excluding hydrogens is 432 g/mol. The zero-order valence-electron chi connectivity index (χ0n) is 15.4. The van der Waals surface area contributed by atoms with Crippen LogP contribution in [0.25, 0.3) is 10.9 Å². The molecule has 0 unspecified atom stereocenters. The van der Waals surface area contributed by atoms with Gasteiger partial charge in [-0.3, -0.25) is 4.79 Å². The van der Waals surface area contributed by atoms with E-state index < -0.39 is 5.97 Å². The summed E-state index contributed by atoms with van der Waals surface area (Å²) in [5, 5.41) is 0.513. The van der Waals surface area contributed by atoms with E-state index in [0.29, 0.717) is 28.7 Å². The molecule has 4 rings (SSSR count). The van der Waals surface area contributed by atoms with E-state index in [1.54, 1.807) is 24.3 Å². The number of aromatic nitrogens is 2. The first-order valence-electron chi connectivity index (χ1n) is 9.07. The monoisotopic (exact) mass is 448 g/mol. The van der Waals surface area contributed by atoms with Crippen LogP contribution in [0.15, 0.2) is 82.1 Å². The SMILES string of the molecule is O=C(OCc1ccccc1)c1ccccc1Cc1nc2ccc(Br)cc2c(=O)[nH]1. The molecule has 144 valence electrons. The van der Waals surface area contributed by atoms with Crippen molar-refractivity contribution in [3.8, 4) is 0 Å². The maximum Gasteiger partial charge on any atom is 0.338 e. The summed E-state index contributed by atoms with van der Waals surface area (Å²) < 4.78 is 6.28. The van der Waals surface area contributed by atoms with Gasteiger partial charge in [-0.15, -0.1) is 0 Å². The molecule has 1 heterocycles. The van der Waals surface area contributed by atoms with Crippen molar-refractivity contribution in [1.82, 2.24) is 9.97 Å². The van der Waals surface area contributed by atoms with E-state index in [0.717, 1.165) is 15.6 Å². The highest BCUT2D eigenvalue weighted by Gasteiger charge is 2.14. The van der Waals surface area contributed by atoms with Gasteiger partial charge >= 0.3 is 5.97 Å². The third-order valence-electron chi connectivity index (χ3n) is 4.52. The lowest BCUT2D eigenvalue weighted by atomic mass is 10.0. The Balaban J connectivity index is 1.58. The molecule has 4 aromatic rings. The minimum atomic E-state index is -0.406. The van der Waals surface area contributed by atoms with Crippen LogP contribution >= 0.6 is 15.9 Å². The van der Waals surface area contributed by atoms with E-state index in [1.165, 1.54) is 0 Å². The fraction of sp³-hybridized carbons (Fsp3) is 0.0870. The summed E-state index contributed by atoms with van der Waals surface area (Å²) in [5.74, 6) is 0.0876. The summed E-state index contributed by atoms with van der Waals surface area (Å²) in [5.41, 5.74) is 2.52. The van der Waals surface area contributed by atoms with Gasteiger partial charge in [-0.05, 0) is 35.4 Å². The van der Waals surface area contributed by atoms with Crippen LogP contribution in [0.1, 0.15) is 27.3 Å². The molecule has 0 saturated heterocycles. The Labute approximate surface area is 175 Å². The summed E-state index contributed by atoms with van der Waals surface area (Å²) in [6.45, 7) is 0.202. The molecule has 6 heteroatoms.